The highest BCUT2D eigenvalue weighted by Gasteiger charge is 2.39. The fraction of sp³-hybridized carbons (Fsp3) is 1.00. The van der Waals surface area contributed by atoms with Gasteiger partial charge in [0.25, 0.3) is 0 Å². The maximum atomic E-state index is 6.09. The Morgan fingerprint density at radius 2 is 2.21 bits per heavy atom. The third-order valence-corrected chi connectivity index (χ3v) is 4.18. The highest BCUT2D eigenvalue weighted by Crippen LogP contribution is 2.49. The normalized spacial score (nSPS) is 37.7. The van der Waals surface area contributed by atoms with Gasteiger partial charge < -0.3 is 10.5 Å². The van der Waals surface area contributed by atoms with Crippen LogP contribution in [0.25, 0.3) is 0 Å². The second-order valence-corrected chi connectivity index (χ2v) is 5.21. The lowest BCUT2D eigenvalue weighted by Gasteiger charge is -2.24. The van der Waals surface area contributed by atoms with Gasteiger partial charge in [-0.25, -0.2) is 0 Å². The molecule has 82 valence electrons. The second-order valence-electron chi connectivity index (χ2n) is 5.21. The number of ether oxygens (including phenoxy) is 1. The van der Waals surface area contributed by atoms with Crippen LogP contribution in [0.4, 0.5) is 0 Å². The molecule has 4 atom stereocenters. The van der Waals surface area contributed by atoms with Gasteiger partial charge in [-0.3, -0.25) is 0 Å². The smallest absolute Gasteiger partial charge is 0.0477 e. The van der Waals surface area contributed by atoms with E-state index in [1.54, 1.807) is 7.11 Å². The van der Waals surface area contributed by atoms with Gasteiger partial charge in [0.05, 0.1) is 0 Å². The van der Waals surface area contributed by atoms with Crippen LogP contribution < -0.4 is 5.73 Å². The van der Waals surface area contributed by atoms with Gasteiger partial charge in [0.15, 0.2) is 0 Å². The standard InChI is InChI=1S/C12H23NO/c1-14-5-4-12(13)8-11-7-9-2-3-10(11)6-9/h9-12H,2-8,13H2,1H3. The van der Waals surface area contributed by atoms with Crippen LogP contribution in [0, 0.1) is 17.8 Å². The van der Waals surface area contributed by atoms with Crippen LogP contribution in [-0.4, -0.2) is 19.8 Å². The first-order valence-electron chi connectivity index (χ1n) is 6.04. The van der Waals surface area contributed by atoms with E-state index in [-0.39, 0.29) is 0 Å². The van der Waals surface area contributed by atoms with Crippen molar-refractivity contribution in [3.63, 3.8) is 0 Å². The molecule has 2 N–H and O–H groups in total. The zero-order chi connectivity index (χ0) is 9.97. The minimum atomic E-state index is 0.374. The summed E-state index contributed by atoms with van der Waals surface area (Å²) >= 11 is 0. The Hall–Kier alpha value is -0.0800. The van der Waals surface area contributed by atoms with E-state index in [1.165, 1.54) is 32.1 Å². The first kappa shape index (κ1) is 10.4. The summed E-state index contributed by atoms with van der Waals surface area (Å²) in [6, 6.07) is 0.374. The van der Waals surface area contributed by atoms with Gasteiger partial charge in [0, 0.05) is 19.8 Å². The highest BCUT2D eigenvalue weighted by atomic mass is 16.5. The molecule has 0 aromatic rings. The lowest BCUT2D eigenvalue weighted by molar-refractivity contribution is 0.179. The Morgan fingerprint density at radius 1 is 1.36 bits per heavy atom. The molecule has 14 heavy (non-hydrogen) atoms. The molecule has 0 radical (unpaired) electrons. The van der Waals surface area contributed by atoms with Gasteiger partial charge in [-0.05, 0) is 49.9 Å². The third-order valence-electron chi connectivity index (χ3n) is 4.18. The van der Waals surface area contributed by atoms with Crippen molar-refractivity contribution in [1.29, 1.82) is 0 Å². The molecular formula is C12H23NO. The van der Waals surface area contributed by atoms with E-state index >= 15 is 0 Å². The summed E-state index contributed by atoms with van der Waals surface area (Å²) in [7, 11) is 1.75. The van der Waals surface area contributed by atoms with E-state index in [1.807, 2.05) is 0 Å². The Bertz CT molecular complexity index is 183. The van der Waals surface area contributed by atoms with Crippen molar-refractivity contribution in [2.75, 3.05) is 13.7 Å². The van der Waals surface area contributed by atoms with Gasteiger partial charge in [-0.15, -0.1) is 0 Å². The summed E-state index contributed by atoms with van der Waals surface area (Å²) in [5.74, 6) is 3.02. The SMILES string of the molecule is COCCC(N)CC1CC2CCC1C2. The summed E-state index contributed by atoms with van der Waals surface area (Å²) in [5.41, 5.74) is 6.09. The third kappa shape index (κ3) is 2.29. The van der Waals surface area contributed by atoms with Crippen LogP contribution in [0.3, 0.4) is 0 Å². The Balaban J connectivity index is 1.70. The minimum absolute atomic E-state index is 0.374. The lowest BCUT2D eigenvalue weighted by atomic mass is 9.84. The Kier molecular flexibility index (Phi) is 3.45. The molecule has 0 aliphatic heterocycles. The van der Waals surface area contributed by atoms with Crippen molar-refractivity contribution >= 4 is 0 Å². The van der Waals surface area contributed by atoms with Crippen molar-refractivity contribution in [2.24, 2.45) is 23.5 Å². The molecule has 2 saturated carbocycles. The van der Waals surface area contributed by atoms with Gasteiger partial charge in [0.2, 0.25) is 0 Å². The average molecular weight is 197 g/mol. The Labute approximate surface area is 87.2 Å². The molecule has 0 saturated heterocycles. The predicted molar refractivity (Wildman–Crippen MR) is 58.0 cm³/mol. The largest absolute Gasteiger partial charge is 0.385 e. The molecule has 2 bridgehead atoms. The molecule has 2 aliphatic rings. The molecule has 2 heteroatoms. The molecule has 2 aliphatic carbocycles. The van der Waals surface area contributed by atoms with Gasteiger partial charge >= 0.3 is 0 Å². The van der Waals surface area contributed by atoms with E-state index in [9.17, 15) is 0 Å². The first-order chi connectivity index (χ1) is 6.79. The first-order valence-corrected chi connectivity index (χ1v) is 6.04. The lowest BCUT2D eigenvalue weighted by Crippen LogP contribution is -2.27. The Morgan fingerprint density at radius 3 is 2.79 bits per heavy atom. The number of hydrogen-bond acceptors (Lipinski definition) is 2. The van der Waals surface area contributed by atoms with Crippen molar-refractivity contribution in [3.05, 3.63) is 0 Å². The van der Waals surface area contributed by atoms with E-state index in [0.717, 1.165) is 30.8 Å². The maximum absolute atomic E-state index is 6.09. The van der Waals surface area contributed by atoms with Crippen LogP contribution in [0.15, 0.2) is 0 Å². The van der Waals surface area contributed by atoms with Crippen LogP contribution in [-0.2, 0) is 4.74 Å². The van der Waals surface area contributed by atoms with Gasteiger partial charge in [-0.1, -0.05) is 6.42 Å². The number of methoxy groups -OCH3 is 1. The summed E-state index contributed by atoms with van der Waals surface area (Å²) in [6.07, 6.45) is 8.21. The van der Waals surface area contributed by atoms with Crippen molar-refractivity contribution in [2.45, 2.75) is 44.6 Å². The molecule has 0 aromatic carbocycles. The summed E-state index contributed by atoms with van der Waals surface area (Å²) in [6.45, 7) is 0.821. The number of hydrogen-bond donors (Lipinski definition) is 1. The van der Waals surface area contributed by atoms with E-state index in [0.29, 0.717) is 6.04 Å². The summed E-state index contributed by atoms with van der Waals surface area (Å²) in [4.78, 5) is 0. The van der Waals surface area contributed by atoms with Gasteiger partial charge in [0.1, 0.15) is 0 Å². The average Bonchev–Trinajstić information content (AvgIpc) is 2.76. The van der Waals surface area contributed by atoms with Crippen molar-refractivity contribution in [1.82, 2.24) is 0 Å². The van der Waals surface area contributed by atoms with Crippen LogP contribution in [0.5, 0.6) is 0 Å². The summed E-state index contributed by atoms with van der Waals surface area (Å²) in [5, 5.41) is 0. The highest BCUT2D eigenvalue weighted by molar-refractivity contribution is 4.91. The fourth-order valence-electron chi connectivity index (χ4n) is 3.44. The van der Waals surface area contributed by atoms with Crippen molar-refractivity contribution in [3.8, 4) is 0 Å². The second kappa shape index (κ2) is 4.63. The van der Waals surface area contributed by atoms with Crippen molar-refractivity contribution < 1.29 is 4.74 Å². The minimum Gasteiger partial charge on any atom is -0.385 e. The van der Waals surface area contributed by atoms with E-state index in [4.69, 9.17) is 10.5 Å². The molecule has 4 unspecified atom stereocenters. The van der Waals surface area contributed by atoms with E-state index in [2.05, 4.69) is 0 Å². The zero-order valence-electron chi connectivity index (χ0n) is 9.24. The molecule has 0 amide bonds. The molecule has 2 fully saturated rings. The monoisotopic (exact) mass is 197 g/mol. The topological polar surface area (TPSA) is 35.2 Å². The molecule has 0 heterocycles. The molecule has 2 nitrogen and oxygen atoms in total. The number of fused-ring (bicyclic) bond motifs is 2. The maximum Gasteiger partial charge on any atom is 0.0477 e. The number of nitrogens with two attached hydrogens (primary N) is 1. The molecular weight excluding hydrogens is 174 g/mol. The van der Waals surface area contributed by atoms with Crippen LogP contribution in [0.1, 0.15) is 38.5 Å². The predicted octanol–water partition coefficient (Wildman–Crippen LogP) is 2.18. The molecule has 0 aromatic heterocycles. The number of rotatable bonds is 5. The molecule has 2 rings (SSSR count). The zero-order valence-corrected chi connectivity index (χ0v) is 9.24. The quantitative estimate of drug-likeness (QED) is 0.733. The summed E-state index contributed by atoms with van der Waals surface area (Å²) < 4.78 is 5.06. The van der Waals surface area contributed by atoms with Gasteiger partial charge in [-0.2, -0.15) is 0 Å². The van der Waals surface area contributed by atoms with Crippen LogP contribution >= 0.6 is 0 Å². The van der Waals surface area contributed by atoms with Crippen LogP contribution in [0.2, 0.25) is 0 Å². The molecule has 0 spiro atoms. The van der Waals surface area contributed by atoms with E-state index < -0.39 is 0 Å². The fourth-order valence-corrected chi connectivity index (χ4v) is 3.44.